The Labute approximate surface area is 206 Å². The molecule has 1 amide bonds. The molecule has 0 spiro atoms. The highest BCUT2D eigenvalue weighted by Crippen LogP contribution is 2.45. The summed E-state index contributed by atoms with van der Waals surface area (Å²) < 4.78 is 6.66. The molecular formula is C24H24N5O5S+. The average Bonchev–Trinajstić information content (AvgIpc) is 2.83. The monoisotopic (exact) mass is 494 g/mol. The minimum absolute atomic E-state index is 0.0308. The third kappa shape index (κ3) is 6.04. The Bertz CT molecular complexity index is 1260. The van der Waals surface area contributed by atoms with Crippen molar-refractivity contribution < 1.29 is 23.8 Å². The molecule has 1 unspecified atom stereocenters. The van der Waals surface area contributed by atoms with Gasteiger partial charge in [0, 0.05) is 35.9 Å². The molecule has 2 heterocycles. The average molecular weight is 495 g/mol. The first-order chi connectivity index (χ1) is 16.7. The maximum atomic E-state index is 11.8. The fraction of sp³-hybridized carbons (Fsp3) is 0.250. The number of ether oxygens (including phenoxy) is 1. The quantitative estimate of drug-likeness (QED) is 0.233. The molecular weight excluding hydrogens is 470 g/mol. The zero-order valence-electron chi connectivity index (χ0n) is 19.2. The van der Waals surface area contributed by atoms with Crippen molar-refractivity contribution in [3.8, 4) is 6.07 Å². The molecule has 180 valence electrons. The van der Waals surface area contributed by atoms with Gasteiger partial charge < -0.3 is 15.8 Å². The highest BCUT2D eigenvalue weighted by atomic mass is 32.2. The molecule has 2 aromatic rings. The van der Waals surface area contributed by atoms with Crippen LogP contribution in [0, 0.1) is 21.4 Å². The number of aromatic nitrogens is 1. The number of thioether (sulfide) groups is 1. The predicted octanol–water partition coefficient (Wildman–Crippen LogP) is 2.52. The van der Waals surface area contributed by atoms with E-state index in [1.165, 1.54) is 12.1 Å². The van der Waals surface area contributed by atoms with Crippen molar-refractivity contribution in [2.75, 3.05) is 12.4 Å². The van der Waals surface area contributed by atoms with Gasteiger partial charge in [-0.1, -0.05) is 23.9 Å². The van der Waals surface area contributed by atoms with Gasteiger partial charge in [-0.25, -0.2) is 4.79 Å². The lowest BCUT2D eigenvalue weighted by molar-refractivity contribution is -0.686. The predicted molar refractivity (Wildman–Crippen MR) is 129 cm³/mol. The van der Waals surface area contributed by atoms with E-state index in [0.717, 1.165) is 28.6 Å². The molecule has 35 heavy (non-hydrogen) atoms. The molecule has 1 aromatic carbocycles. The molecule has 1 atom stereocenters. The molecule has 1 aliphatic rings. The number of pyridine rings is 1. The van der Waals surface area contributed by atoms with Crippen molar-refractivity contribution in [3.05, 3.63) is 86.3 Å². The topological polar surface area (TPSA) is 152 Å². The van der Waals surface area contributed by atoms with Gasteiger partial charge in [0.2, 0.25) is 12.5 Å². The number of nitriles is 1. The number of dihydropyridines is 1. The first-order valence-electron chi connectivity index (χ1n) is 10.7. The molecule has 0 saturated heterocycles. The number of carbonyl (C=O) groups excluding carboxylic acids is 2. The number of benzene rings is 1. The van der Waals surface area contributed by atoms with E-state index in [1.807, 2.05) is 6.92 Å². The number of nitro groups is 1. The molecule has 0 fully saturated rings. The summed E-state index contributed by atoms with van der Waals surface area (Å²) in [4.78, 5) is 34.1. The van der Waals surface area contributed by atoms with Gasteiger partial charge in [0.25, 0.3) is 5.69 Å². The van der Waals surface area contributed by atoms with E-state index in [4.69, 9.17) is 10.5 Å². The second-order valence-corrected chi connectivity index (χ2v) is 8.61. The molecule has 3 N–H and O–H groups in total. The van der Waals surface area contributed by atoms with Gasteiger partial charge >= 0.3 is 5.97 Å². The maximum absolute atomic E-state index is 11.8. The zero-order valence-corrected chi connectivity index (χ0v) is 20.0. The number of amides is 1. The van der Waals surface area contributed by atoms with Gasteiger partial charge in [0.05, 0.1) is 34.0 Å². The van der Waals surface area contributed by atoms with E-state index in [2.05, 4.69) is 11.4 Å². The van der Waals surface area contributed by atoms with Crippen molar-refractivity contribution in [1.82, 2.24) is 5.32 Å². The van der Waals surface area contributed by atoms with Crippen LogP contribution in [0.5, 0.6) is 0 Å². The summed E-state index contributed by atoms with van der Waals surface area (Å²) in [7, 11) is 0. The van der Waals surface area contributed by atoms with Gasteiger partial charge in [-0.15, -0.1) is 0 Å². The van der Waals surface area contributed by atoms with Crippen molar-refractivity contribution in [1.29, 1.82) is 5.26 Å². The Morgan fingerprint density at radius 2 is 2.03 bits per heavy atom. The van der Waals surface area contributed by atoms with E-state index < -0.39 is 16.7 Å². The highest BCUT2D eigenvalue weighted by molar-refractivity contribution is 8.03. The summed E-state index contributed by atoms with van der Waals surface area (Å²) in [6.45, 7) is 3.91. The second-order valence-electron chi connectivity index (χ2n) is 7.62. The normalized spacial score (nSPS) is 15.3. The van der Waals surface area contributed by atoms with Crippen LogP contribution in [0.4, 0.5) is 5.69 Å². The number of hydrogen-bond acceptors (Lipinski definition) is 8. The van der Waals surface area contributed by atoms with E-state index in [-0.39, 0.29) is 24.0 Å². The molecule has 10 nitrogen and oxygen atoms in total. The molecule has 1 aromatic heterocycles. The number of nitrogens with one attached hydrogen (secondary N) is 1. The fourth-order valence-electron chi connectivity index (χ4n) is 3.80. The van der Waals surface area contributed by atoms with E-state index in [9.17, 15) is 25.0 Å². The number of rotatable bonds is 9. The number of nitrogens with two attached hydrogens (primary N) is 1. The highest BCUT2D eigenvalue weighted by Gasteiger charge is 2.33. The lowest BCUT2D eigenvalue weighted by Gasteiger charge is -2.30. The molecule has 3 rings (SSSR count). The van der Waals surface area contributed by atoms with Crippen LogP contribution in [-0.4, -0.2) is 29.2 Å². The number of esters is 1. The van der Waals surface area contributed by atoms with Gasteiger partial charge in [-0.2, -0.15) is 9.83 Å². The number of allylic oxidation sites excluding steroid dienone is 3. The number of nitrogens with zero attached hydrogens (tertiary/aromatic N) is 3. The molecule has 11 heteroatoms. The summed E-state index contributed by atoms with van der Waals surface area (Å²) in [6, 6.07) is 12.0. The molecule has 0 saturated carbocycles. The second kappa shape index (κ2) is 11.3. The summed E-state index contributed by atoms with van der Waals surface area (Å²) in [5.74, 6) is -1.55. The lowest BCUT2D eigenvalue weighted by Crippen LogP contribution is -2.38. The molecule has 1 aliphatic heterocycles. The largest absolute Gasteiger partial charge is 0.461 e. The van der Waals surface area contributed by atoms with Crippen LogP contribution in [-0.2, 0) is 20.9 Å². The Balaban J connectivity index is 2.10. The van der Waals surface area contributed by atoms with Crippen LogP contribution in [0.15, 0.2) is 65.1 Å². The summed E-state index contributed by atoms with van der Waals surface area (Å²) in [5.41, 5.74) is 8.31. The minimum Gasteiger partial charge on any atom is -0.461 e. The maximum Gasteiger partial charge on any atom is 0.372 e. The zero-order chi connectivity index (χ0) is 25.5. The molecule has 0 bridgehead atoms. The van der Waals surface area contributed by atoms with Crippen molar-refractivity contribution in [2.45, 2.75) is 26.3 Å². The summed E-state index contributed by atoms with van der Waals surface area (Å²) >= 11 is 1.11. The smallest absolute Gasteiger partial charge is 0.372 e. The first kappa shape index (κ1) is 25.5. The van der Waals surface area contributed by atoms with Crippen LogP contribution >= 0.6 is 11.8 Å². The van der Waals surface area contributed by atoms with Gasteiger partial charge in [-0.3, -0.25) is 14.9 Å². The van der Waals surface area contributed by atoms with Crippen molar-refractivity contribution in [2.24, 2.45) is 5.73 Å². The fourth-order valence-corrected chi connectivity index (χ4v) is 4.63. The van der Waals surface area contributed by atoms with Gasteiger partial charge in [0.15, 0.2) is 12.4 Å². The Morgan fingerprint density at radius 3 is 2.63 bits per heavy atom. The SMILES string of the molecule is CCOC(=O)C[n+]1ccc(C2=C(C)NC(SCC(N)=O)=C(C#N)C2c2cccc([N+](=O)[O-])c2)cc1. The van der Waals surface area contributed by atoms with E-state index in [1.54, 1.807) is 48.1 Å². The Morgan fingerprint density at radius 1 is 1.31 bits per heavy atom. The van der Waals surface area contributed by atoms with Crippen molar-refractivity contribution >= 4 is 34.9 Å². The number of primary amides is 1. The third-order valence-electron chi connectivity index (χ3n) is 5.24. The number of hydrogen-bond donors (Lipinski definition) is 2. The number of nitro benzene ring substituents is 1. The third-order valence-corrected chi connectivity index (χ3v) is 6.28. The first-order valence-corrected chi connectivity index (χ1v) is 11.7. The van der Waals surface area contributed by atoms with Crippen LogP contribution < -0.4 is 15.6 Å². The number of non-ortho nitro benzene ring substituents is 1. The van der Waals surface area contributed by atoms with Crippen LogP contribution in [0.25, 0.3) is 5.57 Å². The standard InChI is InChI=1S/C24H23N5O5S/c1-3-34-21(31)13-28-9-7-16(8-10-28)22-15(2)27-24(35-14-20(26)30)19(12-25)23(22)17-5-4-6-18(11-17)29(32)33/h4-11,23H,3,13-14H2,1-2H3,(H2,26,30)/p+1. The minimum atomic E-state index is -0.627. The van der Waals surface area contributed by atoms with Gasteiger partial charge in [0.1, 0.15) is 0 Å². The Kier molecular flexibility index (Phi) is 8.22. The molecule has 0 radical (unpaired) electrons. The number of carbonyl (C=O) groups is 2. The van der Waals surface area contributed by atoms with Crippen LogP contribution in [0.2, 0.25) is 0 Å². The van der Waals surface area contributed by atoms with Crippen molar-refractivity contribution in [3.63, 3.8) is 0 Å². The molecule has 0 aliphatic carbocycles. The summed E-state index contributed by atoms with van der Waals surface area (Å²) in [5, 5.41) is 25.2. The van der Waals surface area contributed by atoms with Gasteiger partial charge in [-0.05, 0) is 30.5 Å². The summed E-state index contributed by atoms with van der Waals surface area (Å²) in [6.07, 6.45) is 3.45. The lowest BCUT2D eigenvalue weighted by atomic mass is 9.79. The van der Waals surface area contributed by atoms with Crippen LogP contribution in [0.1, 0.15) is 30.9 Å². The van der Waals surface area contributed by atoms with E-state index >= 15 is 0 Å². The van der Waals surface area contributed by atoms with Crippen LogP contribution in [0.3, 0.4) is 0 Å². The van der Waals surface area contributed by atoms with E-state index in [0.29, 0.717) is 22.8 Å². The Hall–Kier alpha value is -4.17.